The van der Waals surface area contributed by atoms with Gasteiger partial charge in [0.05, 0.1) is 0 Å². The van der Waals surface area contributed by atoms with E-state index in [2.05, 4.69) is 44.7 Å². The molecule has 1 aromatic carbocycles. The molecule has 1 rings (SSSR count). The van der Waals surface area contributed by atoms with Crippen LogP contribution in [0.15, 0.2) is 42.5 Å². The molecule has 2 atom stereocenters. The van der Waals surface area contributed by atoms with Crippen LogP contribution in [-0.4, -0.2) is 12.1 Å². The van der Waals surface area contributed by atoms with Gasteiger partial charge in [0.15, 0.2) is 0 Å². The number of hydrogen-bond donors (Lipinski definition) is 0. The van der Waals surface area contributed by atoms with Gasteiger partial charge in [0.25, 0.3) is 0 Å². The Balaban J connectivity index is 2.82. The number of carbonyl (C=O) groups is 1. The lowest BCUT2D eigenvalue weighted by Crippen LogP contribution is -2.29. The van der Waals surface area contributed by atoms with Gasteiger partial charge in [-0.25, -0.2) is 4.79 Å². The molecule has 0 N–H and O–H groups in total. The monoisotopic (exact) mass is 302 g/mol. The summed E-state index contributed by atoms with van der Waals surface area (Å²) < 4.78 is 5.50. The maximum Gasteiger partial charge on any atom is 0.333 e. The van der Waals surface area contributed by atoms with Crippen molar-refractivity contribution in [2.75, 3.05) is 0 Å². The second-order valence-corrected chi connectivity index (χ2v) is 6.58. The number of esters is 1. The van der Waals surface area contributed by atoms with E-state index in [4.69, 9.17) is 4.74 Å². The summed E-state index contributed by atoms with van der Waals surface area (Å²) >= 11 is 0. The zero-order valence-electron chi connectivity index (χ0n) is 14.5. The topological polar surface area (TPSA) is 26.3 Å². The molecule has 0 aliphatic rings. The molecule has 2 heteroatoms. The molecule has 0 saturated carbocycles. The van der Waals surface area contributed by atoms with Gasteiger partial charge in [-0.1, -0.05) is 70.0 Å². The minimum Gasteiger partial charge on any atom is -0.459 e. The molecule has 2 nitrogen and oxygen atoms in total. The Morgan fingerprint density at radius 3 is 2.45 bits per heavy atom. The average Bonchev–Trinajstić information content (AvgIpc) is 2.48. The van der Waals surface area contributed by atoms with E-state index in [-0.39, 0.29) is 17.5 Å². The van der Waals surface area contributed by atoms with Gasteiger partial charge in [0.1, 0.15) is 6.10 Å². The van der Waals surface area contributed by atoms with Crippen molar-refractivity contribution in [3.8, 4) is 0 Å². The van der Waals surface area contributed by atoms with E-state index in [9.17, 15) is 4.79 Å². The van der Waals surface area contributed by atoms with Crippen LogP contribution in [0.2, 0.25) is 0 Å². The smallest absolute Gasteiger partial charge is 0.333 e. The van der Waals surface area contributed by atoms with Crippen molar-refractivity contribution in [1.82, 2.24) is 0 Å². The first-order valence-corrected chi connectivity index (χ1v) is 8.31. The van der Waals surface area contributed by atoms with E-state index in [1.807, 2.05) is 13.0 Å². The predicted octanol–water partition coefficient (Wildman–Crippen LogP) is 5.42. The lowest BCUT2D eigenvalue weighted by Gasteiger charge is -2.33. The summed E-state index contributed by atoms with van der Waals surface area (Å²) in [5.41, 5.74) is 1.81. The van der Waals surface area contributed by atoms with Gasteiger partial charge in [0.2, 0.25) is 0 Å². The fraction of sp³-hybridized carbons (Fsp3) is 0.550. The first-order valence-electron chi connectivity index (χ1n) is 8.31. The van der Waals surface area contributed by atoms with Gasteiger partial charge in [0, 0.05) is 5.57 Å². The van der Waals surface area contributed by atoms with Crippen LogP contribution in [0.5, 0.6) is 0 Å². The first-order chi connectivity index (χ1) is 10.4. The van der Waals surface area contributed by atoms with E-state index in [1.165, 1.54) is 24.8 Å². The van der Waals surface area contributed by atoms with Crippen LogP contribution in [-0.2, 0) is 14.9 Å². The van der Waals surface area contributed by atoms with Crippen LogP contribution < -0.4 is 0 Å². The standard InChI is InChI=1S/C20H30O2/c1-6-7-11-14-20(5,18-12-9-8-10-13-18)15-17(4)22-19(21)16(2)3/h8-10,12-13,17H,2,6-7,11,14-15H2,1,3-5H3. The molecule has 0 saturated heterocycles. The summed E-state index contributed by atoms with van der Waals surface area (Å²) in [7, 11) is 0. The van der Waals surface area contributed by atoms with Crippen molar-refractivity contribution < 1.29 is 9.53 Å². The summed E-state index contributed by atoms with van der Waals surface area (Å²) in [5.74, 6) is -0.295. The molecule has 122 valence electrons. The van der Waals surface area contributed by atoms with Crippen molar-refractivity contribution in [3.05, 3.63) is 48.0 Å². The maximum absolute atomic E-state index is 11.7. The molecule has 0 aromatic heterocycles. The minimum atomic E-state index is -0.295. The van der Waals surface area contributed by atoms with Crippen LogP contribution in [0.3, 0.4) is 0 Å². The molecule has 0 aliphatic heterocycles. The summed E-state index contributed by atoms with van der Waals surface area (Å²) in [6.07, 6.45) is 5.48. The van der Waals surface area contributed by atoms with E-state index >= 15 is 0 Å². The maximum atomic E-state index is 11.7. The van der Waals surface area contributed by atoms with Crippen LogP contribution in [0, 0.1) is 0 Å². The lowest BCUT2D eigenvalue weighted by molar-refractivity contribution is -0.144. The highest BCUT2D eigenvalue weighted by atomic mass is 16.5. The summed E-state index contributed by atoms with van der Waals surface area (Å²) in [5, 5.41) is 0. The summed E-state index contributed by atoms with van der Waals surface area (Å²) in [6, 6.07) is 10.6. The molecule has 0 radical (unpaired) electrons. The van der Waals surface area contributed by atoms with E-state index in [0.717, 1.165) is 12.8 Å². The van der Waals surface area contributed by atoms with Gasteiger partial charge < -0.3 is 4.74 Å². The van der Waals surface area contributed by atoms with Crippen LogP contribution >= 0.6 is 0 Å². The Morgan fingerprint density at radius 1 is 1.27 bits per heavy atom. The minimum absolute atomic E-state index is 0.0329. The Morgan fingerprint density at radius 2 is 1.91 bits per heavy atom. The zero-order valence-corrected chi connectivity index (χ0v) is 14.5. The van der Waals surface area contributed by atoms with E-state index in [0.29, 0.717) is 5.57 Å². The fourth-order valence-corrected chi connectivity index (χ4v) is 2.93. The molecule has 0 amide bonds. The average molecular weight is 302 g/mol. The third-order valence-corrected chi connectivity index (χ3v) is 4.20. The van der Waals surface area contributed by atoms with Gasteiger partial charge >= 0.3 is 5.97 Å². The largest absolute Gasteiger partial charge is 0.459 e. The quantitative estimate of drug-likeness (QED) is 0.346. The first kappa shape index (κ1) is 18.5. The second-order valence-electron chi connectivity index (χ2n) is 6.58. The Bertz CT molecular complexity index is 478. The van der Waals surface area contributed by atoms with Crippen molar-refractivity contribution >= 4 is 5.97 Å². The van der Waals surface area contributed by atoms with Crippen molar-refractivity contribution in [1.29, 1.82) is 0 Å². The van der Waals surface area contributed by atoms with Gasteiger partial charge in [-0.15, -0.1) is 0 Å². The fourth-order valence-electron chi connectivity index (χ4n) is 2.93. The molecule has 1 aromatic rings. The number of unbranched alkanes of at least 4 members (excludes halogenated alkanes) is 2. The van der Waals surface area contributed by atoms with Crippen LogP contribution in [0.1, 0.15) is 65.4 Å². The van der Waals surface area contributed by atoms with Crippen LogP contribution in [0.25, 0.3) is 0 Å². The van der Waals surface area contributed by atoms with E-state index < -0.39 is 0 Å². The molecule has 0 heterocycles. The Hall–Kier alpha value is -1.57. The van der Waals surface area contributed by atoms with Crippen molar-refractivity contribution in [2.45, 2.75) is 71.3 Å². The Kier molecular flexibility index (Phi) is 7.37. The molecule has 22 heavy (non-hydrogen) atoms. The van der Waals surface area contributed by atoms with Crippen LogP contribution in [0.4, 0.5) is 0 Å². The number of carbonyl (C=O) groups excluding carboxylic acids is 1. The highest BCUT2D eigenvalue weighted by Crippen LogP contribution is 2.35. The van der Waals surface area contributed by atoms with Crippen molar-refractivity contribution in [3.63, 3.8) is 0 Å². The molecule has 0 fully saturated rings. The predicted molar refractivity (Wildman–Crippen MR) is 92.9 cm³/mol. The van der Waals surface area contributed by atoms with Gasteiger partial charge in [-0.05, 0) is 37.7 Å². The molecule has 0 spiro atoms. The third kappa shape index (κ3) is 5.67. The SMILES string of the molecule is C=C(C)C(=O)OC(C)CC(C)(CCCCC)c1ccccc1. The van der Waals surface area contributed by atoms with Gasteiger partial charge in [-0.3, -0.25) is 0 Å². The summed E-state index contributed by atoms with van der Waals surface area (Å²) in [6.45, 7) is 11.8. The number of ether oxygens (including phenoxy) is 1. The molecule has 0 aliphatic carbocycles. The van der Waals surface area contributed by atoms with E-state index in [1.54, 1.807) is 6.92 Å². The lowest BCUT2D eigenvalue weighted by atomic mass is 9.74. The Labute approximate surface area is 135 Å². The number of rotatable bonds is 9. The second kappa shape index (κ2) is 8.77. The normalized spacial score (nSPS) is 14.9. The van der Waals surface area contributed by atoms with Crippen molar-refractivity contribution in [2.24, 2.45) is 0 Å². The molecule has 0 bridgehead atoms. The zero-order chi connectivity index (χ0) is 16.6. The summed E-state index contributed by atoms with van der Waals surface area (Å²) in [4.78, 5) is 11.7. The molecule has 2 unspecified atom stereocenters. The molecular formula is C20H30O2. The number of hydrogen-bond acceptors (Lipinski definition) is 2. The molecular weight excluding hydrogens is 272 g/mol. The highest BCUT2D eigenvalue weighted by molar-refractivity contribution is 5.87. The third-order valence-electron chi connectivity index (χ3n) is 4.20. The number of benzene rings is 1. The van der Waals surface area contributed by atoms with Gasteiger partial charge in [-0.2, -0.15) is 0 Å². The highest BCUT2D eigenvalue weighted by Gasteiger charge is 2.29.